The Labute approximate surface area is 240 Å². The number of hydrogen-bond acceptors (Lipinski definition) is 1. The molecule has 0 aromatic carbocycles. The summed E-state index contributed by atoms with van der Waals surface area (Å²) in [4.78, 5) is 17.0. The lowest BCUT2D eigenvalue weighted by molar-refractivity contribution is 0.956. The van der Waals surface area contributed by atoms with Crippen molar-refractivity contribution in [2.24, 2.45) is 4.99 Å². The second-order valence-corrected chi connectivity index (χ2v) is 11.1. The fourth-order valence-electron chi connectivity index (χ4n) is 7.40. The van der Waals surface area contributed by atoms with Crippen LogP contribution in [0.1, 0.15) is 124 Å². The van der Waals surface area contributed by atoms with E-state index in [9.17, 15) is 0 Å². The molecule has 0 fully saturated rings. The van der Waals surface area contributed by atoms with E-state index in [2.05, 4.69) is 88.6 Å². The van der Waals surface area contributed by atoms with Gasteiger partial charge in [-0.1, -0.05) is 55.4 Å². The van der Waals surface area contributed by atoms with Crippen molar-refractivity contribution in [2.75, 3.05) is 0 Å². The predicted octanol–water partition coefficient (Wildman–Crippen LogP) is 7.17. The highest BCUT2D eigenvalue weighted by molar-refractivity contribution is 6.23. The smallest absolute Gasteiger partial charge is 0.0693 e. The van der Waals surface area contributed by atoms with Gasteiger partial charge in [-0.2, -0.15) is 0 Å². The number of aromatic nitrogens is 3. The maximum absolute atomic E-state index is 5.31. The van der Waals surface area contributed by atoms with E-state index < -0.39 is 0 Å². The molecule has 2 aliphatic heterocycles. The third-order valence-corrected chi connectivity index (χ3v) is 9.22. The van der Waals surface area contributed by atoms with Crippen molar-refractivity contribution in [3.63, 3.8) is 0 Å². The minimum absolute atomic E-state index is 0.902. The Morgan fingerprint density at radius 1 is 0.500 bits per heavy atom. The molecule has 8 bridgehead atoms. The van der Waals surface area contributed by atoms with E-state index in [0.29, 0.717) is 0 Å². The number of allylic oxidation sites excluding steroid dienone is 2. The number of nitrogens with one attached hydrogen (secondary N) is 3. The first-order valence-electron chi connectivity index (χ1n) is 15.9. The van der Waals surface area contributed by atoms with Crippen LogP contribution in [0.15, 0.2) is 21.8 Å². The van der Waals surface area contributed by atoms with Gasteiger partial charge >= 0.3 is 0 Å². The lowest BCUT2D eigenvalue weighted by Gasteiger charge is -2.06. The Morgan fingerprint density at radius 2 is 0.975 bits per heavy atom. The van der Waals surface area contributed by atoms with Crippen molar-refractivity contribution in [1.29, 1.82) is 0 Å². The van der Waals surface area contributed by atoms with Gasteiger partial charge in [-0.15, -0.1) is 0 Å². The van der Waals surface area contributed by atoms with Gasteiger partial charge in [0.15, 0.2) is 0 Å². The standard InChI is InChI=1S/C36H48N4/c1-9-21-22(10-2)30-18-32-25(13-5)26(14-6)34(39-32)20-36-28(16-8)27(15-7)35(40-36)19-33-24(12-4)23(11-3)31(38-33)17-29(21)37-30/h17-19,37,39-40H,9-16,20H2,1-8H3/b29-17-,30-18-,33-19?. The van der Waals surface area contributed by atoms with Crippen LogP contribution in [-0.4, -0.2) is 20.7 Å². The highest BCUT2D eigenvalue weighted by atomic mass is 14.8. The summed E-state index contributed by atoms with van der Waals surface area (Å²) in [5, 5.41) is 2.45. The van der Waals surface area contributed by atoms with Crippen molar-refractivity contribution < 1.29 is 0 Å². The molecule has 40 heavy (non-hydrogen) atoms. The number of rotatable bonds is 8. The lowest BCUT2D eigenvalue weighted by atomic mass is 9.97. The summed E-state index contributed by atoms with van der Waals surface area (Å²) >= 11 is 0. The van der Waals surface area contributed by atoms with E-state index in [4.69, 9.17) is 4.99 Å². The van der Waals surface area contributed by atoms with E-state index in [-0.39, 0.29) is 0 Å². The molecule has 0 unspecified atom stereocenters. The Morgan fingerprint density at radius 3 is 1.45 bits per heavy atom. The molecular weight excluding hydrogens is 488 g/mol. The molecule has 5 rings (SSSR count). The zero-order valence-electron chi connectivity index (χ0n) is 26.0. The Kier molecular flexibility index (Phi) is 8.26. The maximum Gasteiger partial charge on any atom is 0.0693 e. The van der Waals surface area contributed by atoms with Crippen LogP contribution >= 0.6 is 0 Å². The van der Waals surface area contributed by atoms with Crippen LogP contribution in [0.4, 0.5) is 0 Å². The van der Waals surface area contributed by atoms with Gasteiger partial charge in [0.1, 0.15) is 0 Å². The lowest BCUT2D eigenvalue weighted by Crippen LogP contribution is -2.15. The van der Waals surface area contributed by atoms with Gasteiger partial charge < -0.3 is 15.0 Å². The Balaban J connectivity index is 1.91. The zero-order chi connectivity index (χ0) is 28.6. The Hall–Kier alpha value is -3.27. The minimum atomic E-state index is 0.902. The fraction of sp³-hybridized carbons (Fsp3) is 0.472. The quantitative estimate of drug-likeness (QED) is 0.273. The van der Waals surface area contributed by atoms with Crippen LogP contribution in [0.2, 0.25) is 0 Å². The van der Waals surface area contributed by atoms with Crippen molar-refractivity contribution >= 4 is 23.9 Å². The van der Waals surface area contributed by atoms with Gasteiger partial charge in [-0.05, 0) is 114 Å². The highest BCUT2D eigenvalue weighted by Crippen LogP contribution is 2.34. The summed E-state index contributed by atoms with van der Waals surface area (Å²) < 4.78 is 0. The molecule has 4 nitrogen and oxygen atoms in total. The number of nitrogens with zero attached hydrogens (tertiary/aromatic N) is 1. The first-order chi connectivity index (χ1) is 19.5. The fourth-order valence-corrected chi connectivity index (χ4v) is 7.40. The maximum atomic E-state index is 5.31. The average Bonchev–Trinajstić information content (AvgIpc) is 3.67. The summed E-state index contributed by atoms with van der Waals surface area (Å²) in [6.07, 6.45) is 16.0. The minimum Gasteiger partial charge on any atom is -0.358 e. The number of aromatic amines is 3. The van der Waals surface area contributed by atoms with Gasteiger partial charge in [0.2, 0.25) is 0 Å². The monoisotopic (exact) mass is 536 g/mol. The van der Waals surface area contributed by atoms with E-state index in [0.717, 1.165) is 69.2 Å². The van der Waals surface area contributed by atoms with Gasteiger partial charge in [-0.3, -0.25) is 0 Å². The van der Waals surface area contributed by atoms with Gasteiger partial charge in [0.05, 0.1) is 11.4 Å². The summed E-state index contributed by atoms with van der Waals surface area (Å²) in [5.41, 5.74) is 18.9. The van der Waals surface area contributed by atoms with E-state index in [1.165, 1.54) is 78.0 Å². The molecule has 2 aliphatic rings. The molecular formula is C36H48N4. The molecule has 0 amide bonds. The van der Waals surface area contributed by atoms with E-state index in [1.807, 2.05) is 0 Å². The first kappa shape index (κ1) is 28.3. The van der Waals surface area contributed by atoms with Crippen LogP contribution in [0.3, 0.4) is 0 Å². The van der Waals surface area contributed by atoms with Crippen molar-refractivity contribution in [1.82, 2.24) is 15.0 Å². The normalized spacial score (nSPS) is 16.5. The summed E-state index contributed by atoms with van der Waals surface area (Å²) in [7, 11) is 0. The van der Waals surface area contributed by atoms with Crippen LogP contribution in [0.25, 0.3) is 18.2 Å². The predicted molar refractivity (Wildman–Crippen MR) is 172 cm³/mol. The second-order valence-electron chi connectivity index (χ2n) is 11.1. The molecule has 3 N–H and O–H groups in total. The number of H-pyrrole nitrogens is 3. The number of aliphatic imine (C=N–C) groups is 1. The zero-order valence-corrected chi connectivity index (χ0v) is 26.0. The summed E-state index contributed by atoms with van der Waals surface area (Å²) in [6, 6.07) is 0. The highest BCUT2D eigenvalue weighted by Gasteiger charge is 2.24. The van der Waals surface area contributed by atoms with Crippen LogP contribution in [0, 0.1) is 0 Å². The second kappa shape index (κ2) is 11.7. The topological polar surface area (TPSA) is 59.7 Å². The van der Waals surface area contributed by atoms with Gasteiger partial charge in [0, 0.05) is 39.9 Å². The Bertz CT molecular complexity index is 1640. The van der Waals surface area contributed by atoms with Crippen LogP contribution in [-0.2, 0) is 44.9 Å². The largest absolute Gasteiger partial charge is 0.358 e. The van der Waals surface area contributed by atoms with E-state index >= 15 is 0 Å². The van der Waals surface area contributed by atoms with Crippen molar-refractivity contribution in [3.8, 4) is 0 Å². The van der Waals surface area contributed by atoms with E-state index in [1.54, 1.807) is 0 Å². The molecule has 3 aromatic rings. The van der Waals surface area contributed by atoms with Crippen LogP contribution in [0.5, 0.6) is 0 Å². The molecule has 4 heteroatoms. The van der Waals surface area contributed by atoms with Crippen molar-refractivity contribution in [3.05, 3.63) is 83.7 Å². The molecule has 0 saturated heterocycles. The number of fused-ring (bicyclic) bond motifs is 7. The molecule has 5 heterocycles. The number of hydrogen-bond donors (Lipinski definition) is 3. The van der Waals surface area contributed by atoms with Crippen molar-refractivity contribution in [2.45, 2.75) is 113 Å². The molecule has 0 spiro atoms. The summed E-state index contributed by atoms with van der Waals surface area (Å²) in [6.45, 7) is 18.3. The SMILES string of the molecule is CCC1=C(CC)C2=NC1=Cc1[nH]c(c(CC)c1CC)Cc1[nH]c(c(CC)c1CC)/C=c1\[nH]/c(c(CC)c1CC)=C\2. The third kappa shape index (κ3) is 4.60. The molecule has 212 valence electrons. The third-order valence-electron chi connectivity index (χ3n) is 9.22. The molecule has 0 radical (unpaired) electrons. The molecule has 0 atom stereocenters. The molecule has 0 saturated carbocycles. The molecule has 3 aromatic heterocycles. The average molecular weight is 537 g/mol. The first-order valence-corrected chi connectivity index (χ1v) is 15.9. The summed E-state index contributed by atoms with van der Waals surface area (Å²) in [5.74, 6) is 0. The van der Waals surface area contributed by atoms with Gasteiger partial charge in [-0.25, -0.2) is 4.99 Å². The molecule has 0 aliphatic carbocycles. The van der Waals surface area contributed by atoms with Gasteiger partial charge in [0.25, 0.3) is 0 Å². The van der Waals surface area contributed by atoms with Crippen LogP contribution < -0.4 is 10.7 Å².